The van der Waals surface area contributed by atoms with Crippen molar-refractivity contribution in [1.29, 1.82) is 0 Å². The second kappa shape index (κ2) is 5.82. The first kappa shape index (κ1) is 14.8. The first-order valence-corrected chi connectivity index (χ1v) is 7.89. The van der Waals surface area contributed by atoms with Gasteiger partial charge in [-0.1, -0.05) is 0 Å². The molecule has 20 heavy (non-hydrogen) atoms. The summed E-state index contributed by atoms with van der Waals surface area (Å²) in [6, 6.07) is 4.83. The molecule has 0 spiro atoms. The number of nitrogens with one attached hydrogen (secondary N) is 2. The molecular weight excluding hydrogens is 278 g/mol. The summed E-state index contributed by atoms with van der Waals surface area (Å²) < 4.78 is 32.5. The average Bonchev–Trinajstić information content (AvgIpc) is 2.79. The van der Waals surface area contributed by atoms with Crippen molar-refractivity contribution in [2.75, 3.05) is 18.9 Å². The van der Waals surface area contributed by atoms with E-state index in [4.69, 9.17) is 10.5 Å². The number of aromatic amines is 1. The van der Waals surface area contributed by atoms with Gasteiger partial charge in [0.1, 0.15) is 4.90 Å². The molecule has 2 rings (SSSR count). The molecule has 7 heteroatoms. The quantitative estimate of drug-likeness (QED) is 0.703. The second-order valence-corrected chi connectivity index (χ2v) is 6.32. The Hall–Kier alpha value is -1.57. The van der Waals surface area contributed by atoms with Crippen LogP contribution in [-0.2, 0) is 14.8 Å². The van der Waals surface area contributed by atoms with E-state index in [9.17, 15) is 8.42 Å². The van der Waals surface area contributed by atoms with E-state index in [0.29, 0.717) is 24.3 Å². The fourth-order valence-corrected chi connectivity index (χ4v) is 3.39. The zero-order chi connectivity index (χ0) is 14.8. The van der Waals surface area contributed by atoms with Crippen LogP contribution in [0, 0.1) is 0 Å². The lowest BCUT2D eigenvalue weighted by Gasteiger charge is -2.13. The Morgan fingerprint density at radius 1 is 1.45 bits per heavy atom. The molecule has 0 aliphatic rings. The van der Waals surface area contributed by atoms with Crippen molar-refractivity contribution in [2.24, 2.45) is 0 Å². The number of fused-ring (bicyclic) bond motifs is 1. The van der Waals surface area contributed by atoms with Crippen molar-refractivity contribution in [2.45, 2.75) is 24.8 Å². The normalized spacial score (nSPS) is 13.7. The van der Waals surface area contributed by atoms with Crippen LogP contribution in [0.4, 0.5) is 5.69 Å². The van der Waals surface area contributed by atoms with Crippen LogP contribution >= 0.6 is 0 Å². The molecule has 1 aromatic carbocycles. The summed E-state index contributed by atoms with van der Waals surface area (Å²) in [6.45, 7) is 4.51. The third-order valence-corrected chi connectivity index (χ3v) is 4.52. The van der Waals surface area contributed by atoms with Gasteiger partial charge in [0.15, 0.2) is 0 Å². The molecule has 0 saturated carbocycles. The highest BCUT2D eigenvalue weighted by Crippen LogP contribution is 2.24. The maximum atomic E-state index is 12.4. The van der Waals surface area contributed by atoms with E-state index in [1.165, 1.54) is 6.20 Å². The van der Waals surface area contributed by atoms with Crippen LogP contribution < -0.4 is 10.5 Å². The van der Waals surface area contributed by atoms with Crippen LogP contribution in [0.15, 0.2) is 29.3 Å². The molecule has 0 aliphatic carbocycles. The van der Waals surface area contributed by atoms with Crippen molar-refractivity contribution < 1.29 is 13.2 Å². The lowest BCUT2D eigenvalue weighted by molar-refractivity contribution is 0.133. The highest BCUT2D eigenvalue weighted by molar-refractivity contribution is 7.89. The highest BCUT2D eigenvalue weighted by Gasteiger charge is 2.21. The summed E-state index contributed by atoms with van der Waals surface area (Å²) in [5, 5.41) is 0.584. The number of H-pyrrole nitrogens is 1. The minimum atomic E-state index is -3.61. The summed E-state index contributed by atoms with van der Waals surface area (Å²) in [5.41, 5.74) is 6.97. The summed E-state index contributed by atoms with van der Waals surface area (Å²) >= 11 is 0. The van der Waals surface area contributed by atoms with Crippen molar-refractivity contribution in [3.8, 4) is 0 Å². The summed E-state index contributed by atoms with van der Waals surface area (Å²) in [6.07, 6.45) is 1.47. The van der Waals surface area contributed by atoms with Crippen LogP contribution in [0.2, 0.25) is 0 Å². The van der Waals surface area contributed by atoms with Gasteiger partial charge in [0.25, 0.3) is 0 Å². The van der Waals surface area contributed by atoms with Crippen molar-refractivity contribution in [3.63, 3.8) is 0 Å². The molecule has 0 saturated heterocycles. The molecule has 1 atom stereocenters. The Kier molecular flexibility index (Phi) is 4.32. The lowest BCUT2D eigenvalue weighted by Crippen LogP contribution is -2.35. The fourth-order valence-electron chi connectivity index (χ4n) is 1.99. The number of nitrogens with two attached hydrogens (primary N) is 1. The maximum absolute atomic E-state index is 12.4. The summed E-state index contributed by atoms with van der Waals surface area (Å²) in [7, 11) is -3.61. The smallest absolute Gasteiger partial charge is 0.243 e. The molecular formula is C13H19N3O3S. The Labute approximate surface area is 118 Å². The Morgan fingerprint density at radius 3 is 2.90 bits per heavy atom. The second-order valence-electron chi connectivity index (χ2n) is 4.64. The molecule has 0 bridgehead atoms. The third-order valence-electron chi connectivity index (χ3n) is 2.89. The van der Waals surface area contributed by atoms with Crippen LogP contribution in [-0.4, -0.2) is 32.7 Å². The standard InChI is InChI=1S/C13H19N3O3S/c1-3-19-8-9(2)16-20(17,18)13-7-15-12-5-4-10(14)6-11(12)13/h4-7,9,15-16H,3,8,14H2,1-2H3. The molecule has 2 aromatic rings. The minimum absolute atomic E-state index is 0.197. The predicted octanol–water partition coefficient (Wildman–Crippen LogP) is 1.45. The number of anilines is 1. The molecule has 1 unspecified atom stereocenters. The van der Waals surface area contributed by atoms with E-state index in [2.05, 4.69) is 9.71 Å². The lowest BCUT2D eigenvalue weighted by atomic mass is 10.2. The van der Waals surface area contributed by atoms with Crippen molar-refractivity contribution >= 4 is 26.6 Å². The first-order valence-electron chi connectivity index (χ1n) is 6.40. The zero-order valence-electron chi connectivity index (χ0n) is 11.5. The average molecular weight is 297 g/mol. The first-order chi connectivity index (χ1) is 9.44. The van der Waals surface area contributed by atoms with Gasteiger partial charge >= 0.3 is 0 Å². The van der Waals surface area contributed by atoms with Crippen molar-refractivity contribution in [3.05, 3.63) is 24.4 Å². The molecule has 4 N–H and O–H groups in total. The molecule has 1 heterocycles. The number of rotatable bonds is 6. The van der Waals surface area contributed by atoms with Gasteiger partial charge in [-0.15, -0.1) is 0 Å². The van der Waals surface area contributed by atoms with Gasteiger partial charge in [-0.3, -0.25) is 0 Å². The number of hydrogen-bond acceptors (Lipinski definition) is 4. The predicted molar refractivity (Wildman–Crippen MR) is 79.0 cm³/mol. The number of sulfonamides is 1. The van der Waals surface area contributed by atoms with Gasteiger partial charge in [-0.25, -0.2) is 13.1 Å². The highest BCUT2D eigenvalue weighted by atomic mass is 32.2. The maximum Gasteiger partial charge on any atom is 0.243 e. The number of benzene rings is 1. The van der Waals surface area contributed by atoms with Gasteiger partial charge < -0.3 is 15.5 Å². The Morgan fingerprint density at radius 2 is 2.20 bits per heavy atom. The molecule has 0 aliphatic heterocycles. The van der Waals surface area contributed by atoms with E-state index in [0.717, 1.165) is 5.52 Å². The Balaban J connectivity index is 2.30. The van der Waals surface area contributed by atoms with Crippen LogP contribution in [0.1, 0.15) is 13.8 Å². The monoisotopic (exact) mass is 297 g/mol. The van der Waals surface area contributed by atoms with Crippen molar-refractivity contribution in [1.82, 2.24) is 9.71 Å². The van der Waals surface area contributed by atoms with Gasteiger partial charge in [0.2, 0.25) is 10.0 Å². The number of aromatic nitrogens is 1. The minimum Gasteiger partial charge on any atom is -0.399 e. The van der Waals surface area contributed by atoms with Gasteiger partial charge in [-0.2, -0.15) is 0 Å². The van der Waals surface area contributed by atoms with E-state index >= 15 is 0 Å². The molecule has 6 nitrogen and oxygen atoms in total. The Bertz CT molecular complexity index is 694. The van der Waals surface area contributed by atoms with Gasteiger partial charge in [-0.05, 0) is 32.0 Å². The summed E-state index contributed by atoms with van der Waals surface area (Å²) in [4.78, 5) is 3.13. The van der Waals surface area contributed by atoms with Crippen LogP contribution in [0.5, 0.6) is 0 Å². The van der Waals surface area contributed by atoms with E-state index in [1.807, 2.05) is 6.92 Å². The van der Waals surface area contributed by atoms with E-state index in [-0.39, 0.29) is 10.9 Å². The third kappa shape index (κ3) is 3.12. The summed E-state index contributed by atoms with van der Waals surface area (Å²) in [5.74, 6) is 0. The van der Waals surface area contributed by atoms with Crippen LogP contribution in [0.25, 0.3) is 10.9 Å². The fraction of sp³-hybridized carbons (Fsp3) is 0.385. The van der Waals surface area contributed by atoms with E-state index in [1.54, 1.807) is 25.1 Å². The van der Waals surface area contributed by atoms with Gasteiger partial charge in [0.05, 0.1) is 6.61 Å². The largest absolute Gasteiger partial charge is 0.399 e. The molecule has 0 amide bonds. The molecule has 0 fully saturated rings. The van der Waals surface area contributed by atoms with Gasteiger partial charge in [0, 0.05) is 35.4 Å². The van der Waals surface area contributed by atoms with E-state index < -0.39 is 10.0 Å². The zero-order valence-corrected chi connectivity index (χ0v) is 12.3. The number of nitrogen functional groups attached to an aromatic ring is 1. The molecule has 110 valence electrons. The number of hydrogen-bond donors (Lipinski definition) is 3. The molecule has 1 aromatic heterocycles. The number of ether oxygens (including phenoxy) is 1. The van der Waals surface area contributed by atoms with Crippen LogP contribution in [0.3, 0.4) is 0 Å². The SMILES string of the molecule is CCOCC(C)NS(=O)(=O)c1c[nH]c2ccc(N)cc12. The molecule has 0 radical (unpaired) electrons. The topological polar surface area (TPSA) is 97.2 Å².